The quantitative estimate of drug-likeness (QED) is 0.881. The molecule has 100 valence electrons. The largest absolute Gasteiger partial charge is 0.467 e. The first-order chi connectivity index (χ1) is 9.06. The van der Waals surface area contributed by atoms with Crippen LogP contribution in [0.4, 0.5) is 0 Å². The SMILES string of the molecule is Cc1cc(=O)n(CC(=O)NCc2ccco2)c(C)n1. The third-order valence-electron chi connectivity index (χ3n) is 2.67. The minimum Gasteiger partial charge on any atom is -0.467 e. The summed E-state index contributed by atoms with van der Waals surface area (Å²) in [6, 6.07) is 4.93. The van der Waals surface area contributed by atoms with Crippen LogP contribution in [0.25, 0.3) is 0 Å². The van der Waals surface area contributed by atoms with Crippen molar-refractivity contribution >= 4 is 5.91 Å². The maximum absolute atomic E-state index is 11.8. The van der Waals surface area contributed by atoms with E-state index in [-0.39, 0.29) is 18.0 Å². The van der Waals surface area contributed by atoms with E-state index in [0.717, 1.165) is 0 Å². The van der Waals surface area contributed by atoms with E-state index >= 15 is 0 Å². The van der Waals surface area contributed by atoms with Gasteiger partial charge in [-0.2, -0.15) is 0 Å². The van der Waals surface area contributed by atoms with Crippen molar-refractivity contribution in [2.24, 2.45) is 0 Å². The van der Waals surface area contributed by atoms with E-state index in [1.54, 1.807) is 32.2 Å². The zero-order chi connectivity index (χ0) is 13.8. The topological polar surface area (TPSA) is 77.1 Å². The maximum atomic E-state index is 11.8. The third kappa shape index (κ3) is 3.31. The molecular weight excluding hydrogens is 246 g/mol. The molecule has 0 spiro atoms. The second-order valence-electron chi connectivity index (χ2n) is 4.23. The van der Waals surface area contributed by atoms with Gasteiger partial charge < -0.3 is 9.73 Å². The molecule has 1 N–H and O–H groups in total. The number of nitrogens with one attached hydrogen (secondary N) is 1. The first-order valence-electron chi connectivity index (χ1n) is 5.90. The van der Waals surface area contributed by atoms with Crippen LogP contribution in [0.2, 0.25) is 0 Å². The zero-order valence-corrected chi connectivity index (χ0v) is 10.8. The minimum atomic E-state index is -0.257. The molecule has 2 heterocycles. The van der Waals surface area contributed by atoms with Gasteiger partial charge in [0.15, 0.2) is 0 Å². The van der Waals surface area contributed by atoms with Crippen LogP contribution in [-0.4, -0.2) is 15.5 Å². The summed E-state index contributed by atoms with van der Waals surface area (Å²) in [7, 11) is 0. The van der Waals surface area contributed by atoms with E-state index in [2.05, 4.69) is 10.3 Å². The van der Waals surface area contributed by atoms with E-state index in [0.29, 0.717) is 23.8 Å². The Morgan fingerprint density at radius 2 is 2.26 bits per heavy atom. The van der Waals surface area contributed by atoms with Crippen LogP contribution in [0.5, 0.6) is 0 Å². The van der Waals surface area contributed by atoms with E-state index in [1.807, 2.05) is 0 Å². The first-order valence-corrected chi connectivity index (χ1v) is 5.90. The number of nitrogens with zero attached hydrogens (tertiary/aromatic N) is 2. The molecule has 0 saturated carbocycles. The molecule has 0 radical (unpaired) electrons. The van der Waals surface area contributed by atoms with E-state index in [1.165, 1.54) is 10.6 Å². The van der Waals surface area contributed by atoms with Crippen molar-refractivity contribution in [1.82, 2.24) is 14.9 Å². The van der Waals surface area contributed by atoms with Gasteiger partial charge in [-0.1, -0.05) is 0 Å². The molecule has 2 aromatic rings. The standard InChI is InChI=1S/C13H15N3O3/c1-9-6-13(18)16(10(2)15-9)8-12(17)14-7-11-4-3-5-19-11/h3-6H,7-8H2,1-2H3,(H,14,17). The van der Waals surface area contributed by atoms with Crippen LogP contribution in [0.15, 0.2) is 33.7 Å². The van der Waals surface area contributed by atoms with Crippen molar-refractivity contribution in [3.63, 3.8) is 0 Å². The lowest BCUT2D eigenvalue weighted by Crippen LogP contribution is -2.33. The summed E-state index contributed by atoms with van der Waals surface area (Å²) in [5.74, 6) is 0.935. The summed E-state index contributed by atoms with van der Waals surface area (Å²) < 4.78 is 6.44. The van der Waals surface area contributed by atoms with Crippen LogP contribution >= 0.6 is 0 Å². The Balaban J connectivity index is 2.01. The summed E-state index contributed by atoms with van der Waals surface area (Å²) in [4.78, 5) is 27.7. The van der Waals surface area contributed by atoms with Crippen LogP contribution < -0.4 is 10.9 Å². The second kappa shape index (κ2) is 5.51. The predicted octanol–water partition coefficient (Wildman–Crippen LogP) is 0.770. The van der Waals surface area contributed by atoms with E-state index < -0.39 is 0 Å². The lowest BCUT2D eigenvalue weighted by molar-refractivity contribution is -0.122. The fraction of sp³-hybridized carbons (Fsp3) is 0.308. The van der Waals surface area contributed by atoms with Crippen molar-refractivity contribution in [3.05, 3.63) is 52.1 Å². The number of hydrogen-bond acceptors (Lipinski definition) is 4. The van der Waals surface area contributed by atoms with Crippen LogP contribution in [0.3, 0.4) is 0 Å². The maximum Gasteiger partial charge on any atom is 0.254 e. The van der Waals surface area contributed by atoms with E-state index in [9.17, 15) is 9.59 Å². The fourth-order valence-electron chi connectivity index (χ4n) is 1.75. The zero-order valence-electron chi connectivity index (χ0n) is 10.8. The van der Waals surface area contributed by atoms with Gasteiger partial charge in [0.05, 0.1) is 12.8 Å². The highest BCUT2D eigenvalue weighted by atomic mass is 16.3. The van der Waals surface area contributed by atoms with E-state index in [4.69, 9.17) is 4.42 Å². The van der Waals surface area contributed by atoms with Crippen molar-refractivity contribution < 1.29 is 9.21 Å². The van der Waals surface area contributed by atoms with Crippen LogP contribution in [0, 0.1) is 13.8 Å². The van der Waals surface area contributed by atoms with Gasteiger partial charge in [0.2, 0.25) is 5.91 Å². The van der Waals surface area contributed by atoms with Crippen LogP contribution in [0.1, 0.15) is 17.3 Å². The molecule has 0 aliphatic rings. The molecule has 0 aliphatic heterocycles. The van der Waals surface area contributed by atoms with Gasteiger partial charge >= 0.3 is 0 Å². The van der Waals surface area contributed by atoms with Crippen molar-refractivity contribution in [3.8, 4) is 0 Å². The van der Waals surface area contributed by atoms with Gasteiger partial charge in [-0.05, 0) is 26.0 Å². The molecule has 0 fully saturated rings. The number of aryl methyl sites for hydroxylation is 2. The van der Waals surface area contributed by atoms with Gasteiger partial charge in [0.25, 0.3) is 5.56 Å². The lowest BCUT2D eigenvalue weighted by Gasteiger charge is -2.09. The number of rotatable bonds is 4. The number of carbonyl (C=O) groups is 1. The summed E-state index contributed by atoms with van der Waals surface area (Å²) in [5, 5.41) is 2.68. The summed E-state index contributed by atoms with van der Waals surface area (Å²) in [6.45, 7) is 3.71. The highest BCUT2D eigenvalue weighted by Gasteiger charge is 2.08. The molecule has 0 aromatic carbocycles. The monoisotopic (exact) mass is 261 g/mol. The van der Waals surface area contributed by atoms with Crippen molar-refractivity contribution in [1.29, 1.82) is 0 Å². The molecule has 2 aromatic heterocycles. The average Bonchev–Trinajstić information content (AvgIpc) is 2.84. The normalized spacial score (nSPS) is 10.4. The molecule has 0 bridgehead atoms. The van der Waals surface area contributed by atoms with Gasteiger partial charge in [0, 0.05) is 11.8 Å². The lowest BCUT2D eigenvalue weighted by atomic mass is 10.4. The Morgan fingerprint density at radius 1 is 1.47 bits per heavy atom. The molecule has 2 rings (SSSR count). The molecule has 6 heteroatoms. The van der Waals surface area contributed by atoms with Gasteiger partial charge in [-0.15, -0.1) is 0 Å². The minimum absolute atomic E-state index is 0.0430. The number of carbonyl (C=O) groups excluding carboxylic acids is 1. The van der Waals surface area contributed by atoms with Gasteiger partial charge in [-0.3, -0.25) is 14.2 Å². The molecule has 0 aliphatic carbocycles. The second-order valence-corrected chi connectivity index (χ2v) is 4.23. The number of furan rings is 1. The Morgan fingerprint density at radius 3 is 2.89 bits per heavy atom. The van der Waals surface area contributed by atoms with Crippen LogP contribution in [-0.2, 0) is 17.9 Å². The summed E-state index contributed by atoms with van der Waals surface area (Å²) >= 11 is 0. The molecule has 1 amide bonds. The molecule has 0 atom stereocenters. The molecular formula is C13H15N3O3. The van der Waals surface area contributed by atoms with Crippen molar-refractivity contribution in [2.45, 2.75) is 26.9 Å². The van der Waals surface area contributed by atoms with Gasteiger partial charge in [0.1, 0.15) is 18.1 Å². The molecule has 0 saturated heterocycles. The molecule has 19 heavy (non-hydrogen) atoms. The Labute approximate surface area is 110 Å². The third-order valence-corrected chi connectivity index (χ3v) is 2.67. The van der Waals surface area contributed by atoms with Crippen molar-refractivity contribution in [2.75, 3.05) is 0 Å². The summed E-state index contributed by atoms with van der Waals surface area (Å²) in [6.07, 6.45) is 1.54. The fourth-order valence-corrected chi connectivity index (χ4v) is 1.75. The average molecular weight is 261 g/mol. The first kappa shape index (κ1) is 13.1. The molecule has 0 unspecified atom stereocenters. The number of amides is 1. The predicted molar refractivity (Wildman–Crippen MR) is 68.5 cm³/mol. The highest BCUT2D eigenvalue weighted by molar-refractivity contribution is 5.75. The highest BCUT2D eigenvalue weighted by Crippen LogP contribution is 1.99. The number of aromatic nitrogens is 2. The Kier molecular flexibility index (Phi) is 3.79. The molecule has 6 nitrogen and oxygen atoms in total. The van der Waals surface area contributed by atoms with Gasteiger partial charge in [-0.25, -0.2) is 4.98 Å². The Hall–Kier alpha value is -2.37. The summed E-state index contributed by atoms with van der Waals surface area (Å²) in [5.41, 5.74) is 0.424. The Bertz CT molecular complexity index is 629. The smallest absolute Gasteiger partial charge is 0.254 e. The number of hydrogen-bond donors (Lipinski definition) is 1.